The van der Waals surface area contributed by atoms with E-state index in [9.17, 15) is 0 Å². The number of hydrogen-bond acceptors (Lipinski definition) is 2. The van der Waals surface area contributed by atoms with Gasteiger partial charge in [0.1, 0.15) is 7.11 Å². The largest absolute Gasteiger partial charge is 0.473 e. The predicted molar refractivity (Wildman–Crippen MR) is 29.3 cm³/mol. The summed E-state index contributed by atoms with van der Waals surface area (Å²) in [5, 5.41) is 6.43. The lowest BCUT2D eigenvalue weighted by molar-refractivity contribution is 0.452. The molecule has 0 atom stereocenters. The maximum atomic E-state index is 4.54. The number of nitrogens with one attached hydrogen (secondary N) is 1. The lowest BCUT2D eigenvalue weighted by Gasteiger charge is -1.84. The molecular formula is C5H7N2O. The van der Waals surface area contributed by atoms with Gasteiger partial charge in [0.05, 0.1) is 0 Å². The maximum Gasteiger partial charge on any atom is 0.232 e. The van der Waals surface area contributed by atoms with Gasteiger partial charge in [0.15, 0.2) is 0 Å². The van der Waals surface area contributed by atoms with Gasteiger partial charge in [0.2, 0.25) is 5.88 Å². The number of aryl methyl sites for hydroxylation is 1. The molecule has 8 heavy (non-hydrogen) atoms. The van der Waals surface area contributed by atoms with Crippen LogP contribution in [-0.2, 0) is 0 Å². The SMILES string of the molecule is [CH2]Oc1cc(C)[nH]n1. The molecule has 0 saturated carbocycles. The quantitative estimate of drug-likeness (QED) is 0.584. The van der Waals surface area contributed by atoms with Gasteiger partial charge in [-0.15, -0.1) is 5.10 Å². The molecule has 0 spiro atoms. The molecule has 3 nitrogen and oxygen atoms in total. The van der Waals surface area contributed by atoms with Gasteiger partial charge in [-0.25, -0.2) is 0 Å². The molecule has 1 aromatic heterocycles. The molecular weight excluding hydrogens is 104 g/mol. The van der Waals surface area contributed by atoms with Crippen LogP contribution in [0.4, 0.5) is 0 Å². The number of rotatable bonds is 1. The molecule has 0 aliphatic rings. The minimum atomic E-state index is 0.530. The topological polar surface area (TPSA) is 37.9 Å². The first-order valence-corrected chi connectivity index (χ1v) is 2.27. The summed E-state index contributed by atoms with van der Waals surface area (Å²) in [6.45, 7) is 1.90. The van der Waals surface area contributed by atoms with Gasteiger partial charge >= 0.3 is 0 Å². The zero-order valence-corrected chi connectivity index (χ0v) is 4.64. The predicted octanol–water partition coefficient (Wildman–Crippen LogP) is 0.889. The van der Waals surface area contributed by atoms with Crippen LogP contribution in [-0.4, -0.2) is 10.2 Å². The van der Waals surface area contributed by atoms with Gasteiger partial charge in [-0.2, -0.15) is 0 Å². The molecule has 3 heteroatoms. The monoisotopic (exact) mass is 111 g/mol. The number of nitrogens with zero attached hydrogens (tertiary/aromatic N) is 1. The van der Waals surface area contributed by atoms with Gasteiger partial charge in [0, 0.05) is 11.8 Å². The Bertz CT molecular complexity index is 171. The Morgan fingerprint density at radius 2 is 2.62 bits per heavy atom. The highest BCUT2D eigenvalue weighted by Crippen LogP contribution is 2.04. The van der Waals surface area contributed by atoms with Crippen molar-refractivity contribution in [1.29, 1.82) is 0 Å². The lowest BCUT2D eigenvalue weighted by atomic mass is 10.5. The molecule has 0 aromatic carbocycles. The number of aromatic nitrogens is 2. The van der Waals surface area contributed by atoms with Crippen LogP contribution in [0.2, 0.25) is 0 Å². The molecule has 0 unspecified atom stereocenters. The number of aromatic amines is 1. The van der Waals surface area contributed by atoms with Crippen LogP contribution in [0.1, 0.15) is 5.69 Å². The summed E-state index contributed by atoms with van der Waals surface area (Å²) in [5.41, 5.74) is 0.976. The van der Waals surface area contributed by atoms with Gasteiger partial charge < -0.3 is 4.74 Å². The first-order chi connectivity index (χ1) is 3.83. The minimum Gasteiger partial charge on any atom is -0.473 e. The Hall–Kier alpha value is -0.990. The second-order valence-electron chi connectivity index (χ2n) is 1.53. The van der Waals surface area contributed by atoms with E-state index in [0.717, 1.165) is 5.69 Å². The van der Waals surface area contributed by atoms with Crippen molar-refractivity contribution in [2.75, 3.05) is 0 Å². The van der Waals surface area contributed by atoms with Crippen molar-refractivity contribution in [3.63, 3.8) is 0 Å². The third kappa shape index (κ3) is 0.804. The van der Waals surface area contributed by atoms with Crippen LogP contribution >= 0.6 is 0 Å². The maximum absolute atomic E-state index is 4.54. The van der Waals surface area contributed by atoms with E-state index >= 15 is 0 Å². The smallest absolute Gasteiger partial charge is 0.232 e. The molecule has 1 rings (SSSR count). The summed E-state index contributed by atoms with van der Waals surface area (Å²) < 4.78 is 4.54. The molecule has 1 heterocycles. The van der Waals surface area contributed by atoms with Crippen molar-refractivity contribution < 1.29 is 4.74 Å². The van der Waals surface area contributed by atoms with Crippen LogP contribution < -0.4 is 4.74 Å². The van der Waals surface area contributed by atoms with Crippen molar-refractivity contribution in [3.05, 3.63) is 18.9 Å². The van der Waals surface area contributed by atoms with E-state index in [1.807, 2.05) is 6.92 Å². The third-order valence-corrected chi connectivity index (χ3v) is 0.830. The lowest BCUT2D eigenvalue weighted by Crippen LogP contribution is -1.76. The number of ether oxygens (including phenoxy) is 1. The van der Waals surface area contributed by atoms with Crippen LogP contribution in [0.15, 0.2) is 6.07 Å². The summed E-state index contributed by atoms with van der Waals surface area (Å²) in [6, 6.07) is 1.77. The summed E-state index contributed by atoms with van der Waals surface area (Å²) in [7, 11) is 3.19. The van der Waals surface area contributed by atoms with Crippen LogP contribution in [0.25, 0.3) is 0 Å². The molecule has 0 saturated heterocycles. The molecule has 0 fully saturated rings. The van der Waals surface area contributed by atoms with Gasteiger partial charge in [-0.3, -0.25) is 5.10 Å². The molecule has 0 aliphatic carbocycles. The van der Waals surface area contributed by atoms with E-state index in [4.69, 9.17) is 0 Å². The van der Waals surface area contributed by atoms with E-state index in [-0.39, 0.29) is 0 Å². The molecule has 1 radical (unpaired) electrons. The Morgan fingerprint density at radius 1 is 1.88 bits per heavy atom. The fraction of sp³-hybridized carbons (Fsp3) is 0.200. The standard InChI is InChI=1S/C5H7N2O/c1-4-3-5(8-2)7-6-4/h3H,2H2,1H3,(H,6,7). The molecule has 1 aromatic rings. The van der Waals surface area contributed by atoms with Crippen molar-refractivity contribution in [2.45, 2.75) is 6.92 Å². The van der Waals surface area contributed by atoms with Crippen molar-refractivity contribution in [2.24, 2.45) is 0 Å². The summed E-state index contributed by atoms with van der Waals surface area (Å²) in [4.78, 5) is 0. The van der Waals surface area contributed by atoms with E-state index < -0.39 is 0 Å². The Kier molecular flexibility index (Phi) is 1.20. The average Bonchev–Trinajstić information content (AvgIpc) is 2.14. The molecule has 0 amide bonds. The average molecular weight is 111 g/mol. The van der Waals surface area contributed by atoms with Crippen LogP contribution in [0, 0.1) is 14.0 Å². The van der Waals surface area contributed by atoms with Crippen LogP contribution in [0.5, 0.6) is 5.88 Å². The second-order valence-corrected chi connectivity index (χ2v) is 1.53. The van der Waals surface area contributed by atoms with Crippen molar-refractivity contribution >= 4 is 0 Å². The fourth-order valence-corrected chi connectivity index (χ4v) is 0.467. The normalized spacial score (nSPS) is 9.25. The molecule has 43 valence electrons. The van der Waals surface area contributed by atoms with E-state index in [1.54, 1.807) is 6.07 Å². The zero-order chi connectivity index (χ0) is 5.98. The summed E-state index contributed by atoms with van der Waals surface area (Å²) in [6.07, 6.45) is 0. The highest BCUT2D eigenvalue weighted by Gasteiger charge is 1.91. The van der Waals surface area contributed by atoms with Crippen molar-refractivity contribution in [3.8, 4) is 5.88 Å². The number of H-pyrrole nitrogens is 1. The Morgan fingerprint density at radius 3 is 2.88 bits per heavy atom. The molecule has 1 N–H and O–H groups in total. The fourth-order valence-electron chi connectivity index (χ4n) is 0.467. The van der Waals surface area contributed by atoms with E-state index in [0.29, 0.717) is 5.88 Å². The first kappa shape index (κ1) is 5.15. The first-order valence-electron chi connectivity index (χ1n) is 2.27. The number of hydrogen-bond donors (Lipinski definition) is 1. The second kappa shape index (κ2) is 1.86. The molecule has 0 bridgehead atoms. The highest BCUT2D eigenvalue weighted by molar-refractivity contribution is 5.11. The Labute approximate surface area is 47.7 Å². The van der Waals surface area contributed by atoms with Gasteiger partial charge in [-0.1, -0.05) is 0 Å². The summed E-state index contributed by atoms with van der Waals surface area (Å²) >= 11 is 0. The minimum absolute atomic E-state index is 0.530. The third-order valence-electron chi connectivity index (χ3n) is 0.830. The van der Waals surface area contributed by atoms with E-state index in [2.05, 4.69) is 22.0 Å². The summed E-state index contributed by atoms with van der Waals surface area (Å²) in [5.74, 6) is 0.530. The van der Waals surface area contributed by atoms with Gasteiger partial charge in [-0.05, 0) is 6.92 Å². The van der Waals surface area contributed by atoms with Crippen molar-refractivity contribution in [1.82, 2.24) is 10.2 Å². The van der Waals surface area contributed by atoms with Crippen LogP contribution in [0.3, 0.4) is 0 Å². The Balaban J connectivity index is 2.84. The molecule has 0 aliphatic heterocycles. The zero-order valence-electron chi connectivity index (χ0n) is 4.64. The van der Waals surface area contributed by atoms with E-state index in [1.165, 1.54) is 0 Å². The highest BCUT2D eigenvalue weighted by atomic mass is 16.5. The van der Waals surface area contributed by atoms with Gasteiger partial charge in [0.25, 0.3) is 0 Å².